The average Bonchev–Trinajstić information content (AvgIpc) is 2.74. The third kappa shape index (κ3) is 36.7. The standard InChI is InChI=1S/C10H20O2.C8H8O2.2C4H9.Sn/c1-2-3-4-5-6-7-8-9-10(11)12;1-6-2-4-7(5-3-6)8(9)10;2*1-3-4-2;/h2-9H2,1H3,(H,11,12);2-5H,1H3,(H,9,10);2*1,3-4H2,2H3;/q;;;;+2/p-2. The van der Waals surface area contributed by atoms with E-state index < -0.39 is 11.9 Å². The Morgan fingerprint density at radius 3 is 1.45 bits per heavy atom. The number of carboxylic acid groups (broad SMARTS) is 2. The first-order chi connectivity index (χ1) is 14.3. The van der Waals surface area contributed by atoms with Crippen LogP contribution in [0, 0.1) is 20.8 Å². The van der Waals surface area contributed by atoms with Gasteiger partial charge in [-0.05, 0) is 25.3 Å². The molecule has 0 saturated carbocycles. The van der Waals surface area contributed by atoms with Gasteiger partial charge in [-0.3, -0.25) is 0 Å². The van der Waals surface area contributed by atoms with Gasteiger partial charge in [-0.1, -0.05) is 129 Å². The van der Waals surface area contributed by atoms with E-state index in [1.807, 2.05) is 6.92 Å². The maximum Gasteiger partial charge on any atom is 2.00 e. The Hall–Kier alpha value is -1.04. The van der Waals surface area contributed by atoms with Gasteiger partial charge >= 0.3 is 23.9 Å². The van der Waals surface area contributed by atoms with E-state index in [1.54, 1.807) is 12.1 Å². The Labute approximate surface area is 209 Å². The van der Waals surface area contributed by atoms with Crippen LogP contribution in [0.1, 0.15) is 114 Å². The summed E-state index contributed by atoms with van der Waals surface area (Å²) < 4.78 is 0. The van der Waals surface area contributed by atoms with Crippen LogP contribution in [0.2, 0.25) is 0 Å². The first-order valence-electron chi connectivity index (χ1n) is 11.4. The molecule has 0 spiro atoms. The molecule has 5 heteroatoms. The maximum atomic E-state index is 10.2. The van der Waals surface area contributed by atoms with E-state index in [0.717, 1.165) is 31.2 Å². The third-order valence-corrected chi connectivity index (χ3v) is 3.98. The minimum absolute atomic E-state index is 0. The molecule has 0 aliphatic carbocycles. The van der Waals surface area contributed by atoms with Crippen LogP contribution in [0.3, 0.4) is 0 Å². The molecule has 0 aromatic heterocycles. The van der Waals surface area contributed by atoms with Crippen molar-refractivity contribution in [1.82, 2.24) is 0 Å². The van der Waals surface area contributed by atoms with E-state index in [2.05, 4.69) is 34.6 Å². The molecule has 0 amide bonds. The van der Waals surface area contributed by atoms with Crippen LogP contribution >= 0.6 is 0 Å². The first-order valence-corrected chi connectivity index (χ1v) is 11.4. The molecule has 1 aromatic carbocycles. The molecule has 0 atom stereocenters. The summed E-state index contributed by atoms with van der Waals surface area (Å²) in [7, 11) is 0. The number of aromatic carboxylic acids is 1. The van der Waals surface area contributed by atoms with E-state index in [1.165, 1.54) is 57.1 Å². The van der Waals surface area contributed by atoms with Crippen LogP contribution < -0.4 is 10.2 Å². The number of aryl methyl sites for hydroxylation is 1. The van der Waals surface area contributed by atoms with Gasteiger partial charge in [0.1, 0.15) is 0 Å². The van der Waals surface area contributed by atoms with Crippen molar-refractivity contribution in [2.24, 2.45) is 0 Å². The van der Waals surface area contributed by atoms with Crippen molar-refractivity contribution in [3.63, 3.8) is 0 Å². The van der Waals surface area contributed by atoms with E-state index in [0.29, 0.717) is 0 Å². The quantitative estimate of drug-likeness (QED) is 0.290. The molecule has 1 aromatic rings. The monoisotopic (exact) mass is 540 g/mol. The second-order valence-electron chi connectivity index (χ2n) is 7.10. The molecule has 0 saturated heterocycles. The van der Waals surface area contributed by atoms with Gasteiger partial charge < -0.3 is 19.8 Å². The van der Waals surface area contributed by atoms with Crippen LogP contribution in [-0.4, -0.2) is 35.8 Å². The molecule has 0 fully saturated rings. The van der Waals surface area contributed by atoms with Crippen molar-refractivity contribution >= 4 is 35.8 Å². The van der Waals surface area contributed by atoms with E-state index in [-0.39, 0.29) is 35.9 Å². The number of aliphatic carboxylic acids is 1. The number of rotatable bonds is 11. The van der Waals surface area contributed by atoms with Gasteiger partial charge in [0.05, 0.1) is 5.97 Å². The van der Waals surface area contributed by atoms with Gasteiger partial charge in [-0.2, -0.15) is 0 Å². The SMILES string of the molecule is CCCCCCCCCC(=O)[O-].Cc1ccc(C(=O)[O-])cc1.[CH2]CCC.[CH2]CCC.[Sn+2]. The molecular weight excluding hydrogens is 495 g/mol. The molecule has 0 aliphatic heterocycles. The molecule has 4 nitrogen and oxygen atoms in total. The molecule has 0 aliphatic rings. The van der Waals surface area contributed by atoms with Crippen LogP contribution in [0.15, 0.2) is 24.3 Å². The Balaban J connectivity index is -0.000000172. The van der Waals surface area contributed by atoms with Crippen molar-refractivity contribution in [3.8, 4) is 0 Å². The van der Waals surface area contributed by atoms with Crippen LogP contribution in [-0.2, 0) is 4.79 Å². The topological polar surface area (TPSA) is 80.3 Å². The zero-order valence-electron chi connectivity index (χ0n) is 20.3. The molecule has 1 rings (SSSR count). The van der Waals surface area contributed by atoms with Crippen molar-refractivity contribution in [2.45, 2.75) is 105 Å². The Morgan fingerprint density at radius 1 is 0.742 bits per heavy atom. The van der Waals surface area contributed by atoms with E-state index in [9.17, 15) is 19.8 Å². The number of carbonyl (C=O) groups excluding carboxylic acids is 2. The molecule has 0 unspecified atom stereocenters. The summed E-state index contributed by atoms with van der Waals surface area (Å²) in [6, 6.07) is 6.55. The number of carboxylic acids is 2. The third-order valence-electron chi connectivity index (χ3n) is 3.98. The average molecular weight is 539 g/mol. The maximum absolute atomic E-state index is 10.2. The van der Waals surface area contributed by atoms with E-state index in [4.69, 9.17) is 0 Å². The van der Waals surface area contributed by atoms with Crippen molar-refractivity contribution in [3.05, 3.63) is 49.2 Å². The van der Waals surface area contributed by atoms with Gasteiger partial charge in [-0.25, -0.2) is 0 Å². The van der Waals surface area contributed by atoms with Crippen LogP contribution in [0.25, 0.3) is 0 Å². The van der Waals surface area contributed by atoms with Crippen molar-refractivity contribution in [1.29, 1.82) is 0 Å². The fraction of sp³-hybridized carbons (Fsp3) is 0.615. The number of unbranched alkanes of at least 4 members (excludes halogenated alkanes) is 8. The summed E-state index contributed by atoms with van der Waals surface area (Å²) in [5.41, 5.74) is 1.27. The largest absolute Gasteiger partial charge is 2.00 e. The molecule has 176 valence electrons. The van der Waals surface area contributed by atoms with Crippen LogP contribution in [0.4, 0.5) is 0 Å². The Bertz CT molecular complexity index is 479. The predicted molar refractivity (Wildman–Crippen MR) is 129 cm³/mol. The minimum atomic E-state index is -1.12. The summed E-state index contributed by atoms with van der Waals surface area (Å²) >= 11 is 0. The predicted octanol–water partition coefficient (Wildman–Crippen LogP) is 5.10. The molecule has 0 bridgehead atoms. The number of carbonyl (C=O) groups is 2. The summed E-state index contributed by atoms with van der Waals surface area (Å²) in [6.45, 7) is 15.5. The normalized spacial score (nSPS) is 8.84. The zero-order valence-corrected chi connectivity index (χ0v) is 23.2. The molecule has 4 radical (unpaired) electrons. The zero-order chi connectivity index (χ0) is 23.6. The fourth-order valence-electron chi connectivity index (χ4n) is 1.92. The molecular formula is C26H44O4Sn. The summed E-state index contributed by atoms with van der Waals surface area (Å²) in [4.78, 5) is 20.2. The molecule has 0 N–H and O–H groups in total. The smallest absolute Gasteiger partial charge is 0.550 e. The Kier molecular flexibility index (Phi) is 37.5. The number of hydrogen-bond acceptors (Lipinski definition) is 4. The van der Waals surface area contributed by atoms with Crippen molar-refractivity contribution < 1.29 is 19.8 Å². The number of hydrogen-bond donors (Lipinski definition) is 0. The van der Waals surface area contributed by atoms with Gasteiger partial charge in [0.25, 0.3) is 0 Å². The van der Waals surface area contributed by atoms with E-state index >= 15 is 0 Å². The fourth-order valence-corrected chi connectivity index (χ4v) is 1.92. The number of benzene rings is 1. The van der Waals surface area contributed by atoms with Gasteiger partial charge in [0.2, 0.25) is 0 Å². The summed E-state index contributed by atoms with van der Waals surface area (Å²) in [6.07, 6.45) is 12.9. The van der Waals surface area contributed by atoms with Gasteiger partial charge in [0.15, 0.2) is 0 Å². The minimum Gasteiger partial charge on any atom is -0.550 e. The van der Waals surface area contributed by atoms with Crippen molar-refractivity contribution in [2.75, 3.05) is 0 Å². The molecule has 0 heterocycles. The first kappa shape index (κ1) is 37.3. The van der Waals surface area contributed by atoms with Gasteiger partial charge in [0, 0.05) is 5.97 Å². The Morgan fingerprint density at radius 2 is 1.13 bits per heavy atom. The van der Waals surface area contributed by atoms with Crippen LogP contribution in [0.5, 0.6) is 0 Å². The second-order valence-corrected chi connectivity index (χ2v) is 7.10. The van der Waals surface area contributed by atoms with Gasteiger partial charge in [-0.15, -0.1) is 0 Å². The second kappa shape index (κ2) is 31.1. The summed E-state index contributed by atoms with van der Waals surface area (Å²) in [5, 5.41) is 20.2. The summed E-state index contributed by atoms with van der Waals surface area (Å²) in [5.74, 6) is -2.04. The molecule has 31 heavy (non-hydrogen) atoms.